The number of benzene rings is 1. The summed E-state index contributed by atoms with van der Waals surface area (Å²) in [7, 11) is 0. The summed E-state index contributed by atoms with van der Waals surface area (Å²) in [6, 6.07) is 5.12. The number of halogens is 2. The van der Waals surface area contributed by atoms with E-state index in [0.29, 0.717) is 0 Å². The molecular weight excluding hydrogens is 327 g/mol. The van der Waals surface area contributed by atoms with E-state index < -0.39 is 0 Å². The number of rotatable bonds is 6. The van der Waals surface area contributed by atoms with Gasteiger partial charge in [0.15, 0.2) is 0 Å². The van der Waals surface area contributed by atoms with Gasteiger partial charge in [-0.1, -0.05) is 22.9 Å². The summed E-state index contributed by atoms with van der Waals surface area (Å²) >= 11 is 4.98. The first-order valence-electron chi connectivity index (χ1n) is 6.26. The zero-order valence-electron chi connectivity index (χ0n) is 10.7. The van der Waals surface area contributed by atoms with Crippen LogP contribution in [0.15, 0.2) is 34.2 Å². The average Bonchev–Trinajstić information content (AvgIpc) is 2.86. The quantitative estimate of drug-likeness (QED) is 0.845. The van der Waals surface area contributed by atoms with Crippen LogP contribution in [-0.4, -0.2) is 11.5 Å². The molecule has 1 aromatic heterocycles. The molecule has 19 heavy (non-hydrogen) atoms. The molecule has 102 valence electrons. The van der Waals surface area contributed by atoms with Crippen LogP contribution in [0.25, 0.3) is 0 Å². The molecule has 5 heteroatoms. The van der Waals surface area contributed by atoms with E-state index in [2.05, 4.69) is 33.2 Å². The lowest BCUT2D eigenvalue weighted by molar-refractivity contribution is 0.523. The van der Waals surface area contributed by atoms with E-state index in [1.165, 1.54) is 6.07 Å². The molecule has 0 amide bonds. The molecule has 1 unspecified atom stereocenters. The van der Waals surface area contributed by atoms with Crippen LogP contribution in [0.2, 0.25) is 0 Å². The first-order valence-corrected chi connectivity index (χ1v) is 7.94. The fourth-order valence-corrected chi connectivity index (χ4v) is 3.08. The second-order valence-corrected chi connectivity index (χ2v) is 6.23. The van der Waals surface area contributed by atoms with E-state index in [4.69, 9.17) is 0 Å². The van der Waals surface area contributed by atoms with Gasteiger partial charge < -0.3 is 5.32 Å². The van der Waals surface area contributed by atoms with Gasteiger partial charge in [-0.2, -0.15) is 0 Å². The Labute approximate surface area is 125 Å². The molecule has 0 bridgehead atoms. The zero-order valence-corrected chi connectivity index (χ0v) is 13.1. The minimum absolute atomic E-state index is 0.0955. The summed E-state index contributed by atoms with van der Waals surface area (Å²) < 4.78 is 14.3. The Hall–Kier alpha value is -0.780. The Balaban J connectivity index is 2.20. The van der Waals surface area contributed by atoms with Crippen molar-refractivity contribution >= 4 is 27.3 Å². The SMILES string of the molecule is CCCNC(Cc1nccs1)c1cc(F)cc(Br)c1. The number of aromatic nitrogens is 1. The van der Waals surface area contributed by atoms with Crippen molar-refractivity contribution in [2.24, 2.45) is 0 Å². The van der Waals surface area contributed by atoms with Gasteiger partial charge in [0.1, 0.15) is 5.82 Å². The first kappa shape index (κ1) is 14.6. The molecule has 0 radical (unpaired) electrons. The van der Waals surface area contributed by atoms with Crippen LogP contribution in [0.4, 0.5) is 4.39 Å². The molecule has 1 N–H and O–H groups in total. The molecule has 1 heterocycles. The molecule has 0 aliphatic carbocycles. The second-order valence-electron chi connectivity index (χ2n) is 4.34. The van der Waals surface area contributed by atoms with Crippen molar-refractivity contribution in [3.63, 3.8) is 0 Å². The lowest BCUT2D eigenvalue weighted by atomic mass is 10.0. The van der Waals surface area contributed by atoms with Crippen LogP contribution in [0.1, 0.15) is 30.0 Å². The molecule has 2 aromatic rings. The minimum atomic E-state index is -0.216. The van der Waals surface area contributed by atoms with Crippen molar-refractivity contribution in [3.05, 3.63) is 50.6 Å². The first-order chi connectivity index (χ1) is 9.19. The number of nitrogens with one attached hydrogen (secondary N) is 1. The number of thiazole rings is 1. The minimum Gasteiger partial charge on any atom is -0.310 e. The molecule has 1 atom stereocenters. The summed E-state index contributed by atoms with van der Waals surface area (Å²) in [5.41, 5.74) is 0.954. The molecule has 0 aliphatic heterocycles. The Bertz CT molecular complexity index is 496. The number of hydrogen-bond donors (Lipinski definition) is 1. The van der Waals surface area contributed by atoms with Crippen molar-refractivity contribution in [1.82, 2.24) is 10.3 Å². The van der Waals surface area contributed by atoms with Crippen LogP contribution in [-0.2, 0) is 6.42 Å². The van der Waals surface area contributed by atoms with Crippen LogP contribution >= 0.6 is 27.3 Å². The highest BCUT2D eigenvalue weighted by Crippen LogP contribution is 2.24. The smallest absolute Gasteiger partial charge is 0.124 e. The van der Waals surface area contributed by atoms with Gasteiger partial charge in [0.05, 0.1) is 5.01 Å². The van der Waals surface area contributed by atoms with Crippen molar-refractivity contribution in [3.8, 4) is 0 Å². The zero-order chi connectivity index (χ0) is 13.7. The monoisotopic (exact) mass is 342 g/mol. The highest BCUT2D eigenvalue weighted by molar-refractivity contribution is 9.10. The van der Waals surface area contributed by atoms with E-state index in [9.17, 15) is 4.39 Å². The molecule has 2 nitrogen and oxygen atoms in total. The highest BCUT2D eigenvalue weighted by Gasteiger charge is 2.14. The van der Waals surface area contributed by atoms with Gasteiger partial charge in [-0.3, -0.25) is 0 Å². The predicted molar refractivity (Wildman–Crippen MR) is 81.0 cm³/mol. The summed E-state index contributed by atoms with van der Waals surface area (Å²) in [6.07, 6.45) is 3.64. The summed E-state index contributed by atoms with van der Waals surface area (Å²) in [5.74, 6) is -0.216. The third kappa shape index (κ3) is 4.37. The molecule has 0 spiro atoms. The molecule has 2 rings (SSSR count). The van der Waals surface area contributed by atoms with Gasteiger partial charge in [-0.15, -0.1) is 11.3 Å². The normalized spacial score (nSPS) is 12.6. The van der Waals surface area contributed by atoms with E-state index in [1.54, 1.807) is 23.6 Å². The Morgan fingerprint density at radius 3 is 2.89 bits per heavy atom. The molecule has 0 fully saturated rings. The van der Waals surface area contributed by atoms with Crippen LogP contribution < -0.4 is 5.32 Å². The van der Waals surface area contributed by atoms with Crippen molar-refractivity contribution in [1.29, 1.82) is 0 Å². The largest absolute Gasteiger partial charge is 0.310 e. The average molecular weight is 343 g/mol. The van der Waals surface area contributed by atoms with E-state index in [0.717, 1.165) is 34.4 Å². The third-order valence-electron chi connectivity index (χ3n) is 2.79. The standard InChI is InChI=1S/C14H16BrFN2S/c1-2-3-17-13(9-14-18-4-5-19-14)10-6-11(15)8-12(16)7-10/h4-8,13,17H,2-3,9H2,1H3. The summed E-state index contributed by atoms with van der Waals surface area (Å²) in [4.78, 5) is 4.31. The summed E-state index contributed by atoms with van der Waals surface area (Å²) in [5, 5.41) is 6.49. The van der Waals surface area contributed by atoms with Gasteiger partial charge in [-0.05, 0) is 36.7 Å². The van der Waals surface area contributed by atoms with Crippen molar-refractivity contribution in [2.75, 3.05) is 6.54 Å². The van der Waals surface area contributed by atoms with E-state index in [-0.39, 0.29) is 11.9 Å². The Kier molecular flexibility index (Phi) is 5.48. The number of nitrogens with zero attached hydrogens (tertiary/aromatic N) is 1. The lowest BCUT2D eigenvalue weighted by Gasteiger charge is -2.18. The second kappa shape index (κ2) is 7.12. The van der Waals surface area contributed by atoms with Gasteiger partial charge >= 0.3 is 0 Å². The highest BCUT2D eigenvalue weighted by atomic mass is 79.9. The predicted octanol–water partition coefficient (Wildman–Crippen LogP) is 4.33. The topological polar surface area (TPSA) is 24.9 Å². The van der Waals surface area contributed by atoms with Crippen LogP contribution in [0, 0.1) is 5.82 Å². The maximum atomic E-state index is 13.5. The number of hydrogen-bond acceptors (Lipinski definition) is 3. The van der Waals surface area contributed by atoms with Crippen molar-refractivity contribution < 1.29 is 4.39 Å². The maximum Gasteiger partial charge on any atom is 0.124 e. The molecule has 0 aliphatic rings. The molecular formula is C14H16BrFN2S. The van der Waals surface area contributed by atoms with Crippen molar-refractivity contribution in [2.45, 2.75) is 25.8 Å². The Morgan fingerprint density at radius 2 is 2.26 bits per heavy atom. The van der Waals surface area contributed by atoms with E-state index >= 15 is 0 Å². The molecule has 1 aromatic carbocycles. The summed E-state index contributed by atoms with van der Waals surface area (Å²) in [6.45, 7) is 3.03. The van der Waals surface area contributed by atoms with Crippen LogP contribution in [0.3, 0.4) is 0 Å². The lowest BCUT2D eigenvalue weighted by Crippen LogP contribution is -2.24. The third-order valence-corrected chi connectivity index (χ3v) is 4.05. The van der Waals surface area contributed by atoms with Gasteiger partial charge in [-0.25, -0.2) is 9.37 Å². The molecule has 0 saturated heterocycles. The van der Waals surface area contributed by atoms with Gasteiger partial charge in [0.2, 0.25) is 0 Å². The van der Waals surface area contributed by atoms with E-state index in [1.807, 2.05) is 11.4 Å². The van der Waals surface area contributed by atoms with Gasteiger partial charge in [0.25, 0.3) is 0 Å². The van der Waals surface area contributed by atoms with Crippen LogP contribution in [0.5, 0.6) is 0 Å². The fraction of sp³-hybridized carbons (Fsp3) is 0.357. The van der Waals surface area contributed by atoms with Gasteiger partial charge in [0, 0.05) is 28.5 Å². The fourth-order valence-electron chi connectivity index (χ4n) is 1.93. The molecule has 0 saturated carbocycles. The maximum absolute atomic E-state index is 13.5. The Morgan fingerprint density at radius 1 is 1.42 bits per heavy atom.